The van der Waals surface area contributed by atoms with Crippen molar-refractivity contribution >= 4 is 5.97 Å². The number of aliphatic carboxylic acids is 1. The molecule has 0 radical (unpaired) electrons. The van der Waals surface area contributed by atoms with E-state index in [0.717, 1.165) is 12.2 Å². The third-order valence-electron chi connectivity index (χ3n) is 3.04. The van der Waals surface area contributed by atoms with Crippen LogP contribution in [0.5, 0.6) is 0 Å². The Labute approximate surface area is 101 Å². The van der Waals surface area contributed by atoms with E-state index in [4.69, 9.17) is 9.84 Å². The predicted molar refractivity (Wildman–Crippen MR) is 64.8 cm³/mol. The second kappa shape index (κ2) is 5.82. The van der Waals surface area contributed by atoms with Crippen molar-refractivity contribution in [1.82, 2.24) is 0 Å². The van der Waals surface area contributed by atoms with Crippen molar-refractivity contribution in [3.63, 3.8) is 0 Å². The quantitative estimate of drug-likeness (QED) is 0.787. The molecule has 1 aliphatic carbocycles. The van der Waals surface area contributed by atoms with Crippen molar-refractivity contribution in [1.29, 1.82) is 0 Å². The Bertz CT molecular complexity index is 357. The highest BCUT2D eigenvalue weighted by molar-refractivity contribution is 5.70. The SMILES string of the molecule is O=C(O)C(COCC1CC1)Cc1ccccc1. The van der Waals surface area contributed by atoms with Crippen molar-refractivity contribution < 1.29 is 14.6 Å². The molecule has 1 aromatic carbocycles. The zero-order valence-electron chi connectivity index (χ0n) is 9.84. The van der Waals surface area contributed by atoms with Gasteiger partial charge in [0.15, 0.2) is 0 Å². The van der Waals surface area contributed by atoms with Crippen molar-refractivity contribution in [3.05, 3.63) is 35.9 Å². The molecule has 1 aromatic rings. The van der Waals surface area contributed by atoms with Crippen LogP contribution in [-0.4, -0.2) is 24.3 Å². The molecule has 1 unspecified atom stereocenters. The molecule has 0 aliphatic heterocycles. The van der Waals surface area contributed by atoms with E-state index in [9.17, 15) is 4.79 Å². The third kappa shape index (κ3) is 4.19. The second-order valence-corrected chi connectivity index (χ2v) is 4.71. The van der Waals surface area contributed by atoms with Gasteiger partial charge in [0.05, 0.1) is 12.5 Å². The minimum absolute atomic E-state index is 0.320. The number of hydrogen-bond donors (Lipinski definition) is 1. The van der Waals surface area contributed by atoms with Crippen LogP contribution in [0.2, 0.25) is 0 Å². The van der Waals surface area contributed by atoms with Gasteiger partial charge in [-0.3, -0.25) is 4.79 Å². The second-order valence-electron chi connectivity index (χ2n) is 4.71. The monoisotopic (exact) mass is 234 g/mol. The van der Waals surface area contributed by atoms with Gasteiger partial charge in [-0.1, -0.05) is 30.3 Å². The van der Waals surface area contributed by atoms with Crippen LogP contribution >= 0.6 is 0 Å². The van der Waals surface area contributed by atoms with Gasteiger partial charge in [-0.25, -0.2) is 0 Å². The molecule has 1 atom stereocenters. The van der Waals surface area contributed by atoms with Gasteiger partial charge in [0.1, 0.15) is 0 Å². The van der Waals surface area contributed by atoms with Crippen LogP contribution in [0.4, 0.5) is 0 Å². The molecule has 92 valence electrons. The van der Waals surface area contributed by atoms with Crippen molar-refractivity contribution in [2.45, 2.75) is 19.3 Å². The number of carboxylic acid groups (broad SMARTS) is 1. The lowest BCUT2D eigenvalue weighted by Gasteiger charge is -2.12. The molecular formula is C14H18O3. The standard InChI is InChI=1S/C14H18O3/c15-14(16)13(10-17-9-12-6-7-12)8-11-4-2-1-3-5-11/h1-5,12-13H,6-10H2,(H,15,16). The molecule has 1 fully saturated rings. The van der Waals surface area contributed by atoms with E-state index in [1.807, 2.05) is 30.3 Å². The lowest BCUT2D eigenvalue weighted by atomic mass is 10.0. The lowest BCUT2D eigenvalue weighted by Crippen LogP contribution is -2.22. The highest BCUT2D eigenvalue weighted by Crippen LogP contribution is 2.29. The Kier molecular flexibility index (Phi) is 4.15. The average Bonchev–Trinajstić information content (AvgIpc) is 3.13. The van der Waals surface area contributed by atoms with Gasteiger partial charge in [-0.15, -0.1) is 0 Å². The van der Waals surface area contributed by atoms with Crippen LogP contribution < -0.4 is 0 Å². The molecule has 1 aliphatic rings. The maximum atomic E-state index is 11.1. The molecule has 3 heteroatoms. The summed E-state index contributed by atoms with van der Waals surface area (Å²) in [4.78, 5) is 11.1. The summed E-state index contributed by atoms with van der Waals surface area (Å²) in [5, 5.41) is 9.14. The molecule has 0 aromatic heterocycles. The number of ether oxygens (including phenoxy) is 1. The van der Waals surface area contributed by atoms with Gasteiger partial charge in [-0.2, -0.15) is 0 Å². The Balaban J connectivity index is 1.81. The Morgan fingerprint density at radius 3 is 2.65 bits per heavy atom. The fraction of sp³-hybridized carbons (Fsp3) is 0.500. The van der Waals surface area contributed by atoms with Gasteiger partial charge in [0.25, 0.3) is 0 Å². The van der Waals surface area contributed by atoms with Gasteiger partial charge < -0.3 is 9.84 Å². The minimum Gasteiger partial charge on any atom is -0.481 e. The minimum atomic E-state index is -0.773. The topological polar surface area (TPSA) is 46.5 Å². The van der Waals surface area contributed by atoms with Gasteiger partial charge >= 0.3 is 5.97 Å². The molecule has 0 amide bonds. The molecule has 0 spiro atoms. The van der Waals surface area contributed by atoms with Crippen molar-refractivity contribution in [2.75, 3.05) is 13.2 Å². The number of rotatable bonds is 7. The van der Waals surface area contributed by atoms with Crippen LogP contribution in [0.1, 0.15) is 18.4 Å². The number of carbonyl (C=O) groups is 1. The first-order valence-electron chi connectivity index (χ1n) is 6.10. The first-order chi connectivity index (χ1) is 8.25. The maximum absolute atomic E-state index is 11.1. The number of carboxylic acids is 1. The summed E-state index contributed by atoms with van der Waals surface area (Å²) < 4.78 is 5.47. The third-order valence-corrected chi connectivity index (χ3v) is 3.04. The Hall–Kier alpha value is -1.35. The summed E-state index contributed by atoms with van der Waals surface area (Å²) in [6.45, 7) is 1.04. The van der Waals surface area contributed by atoms with Gasteiger partial charge in [0.2, 0.25) is 0 Å². The highest BCUT2D eigenvalue weighted by Gasteiger charge is 2.23. The van der Waals surface area contributed by atoms with Crippen molar-refractivity contribution in [3.8, 4) is 0 Å². The van der Waals surface area contributed by atoms with Crippen LogP contribution in [0.15, 0.2) is 30.3 Å². The lowest BCUT2D eigenvalue weighted by molar-refractivity contribution is -0.143. The first kappa shape index (κ1) is 12.1. The largest absolute Gasteiger partial charge is 0.481 e. The highest BCUT2D eigenvalue weighted by atomic mass is 16.5. The van der Waals surface area contributed by atoms with Gasteiger partial charge in [-0.05, 0) is 30.7 Å². The normalized spacial score (nSPS) is 16.7. The van der Waals surface area contributed by atoms with E-state index >= 15 is 0 Å². The molecule has 2 rings (SSSR count). The van der Waals surface area contributed by atoms with E-state index in [1.54, 1.807) is 0 Å². The van der Waals surface area contributed by atoms with Crippen molar-refractivity contribution in [2.24, 2.45) is 11.8 Å². The molecule has 1 saturated carbocycles. The summed E-state index contributed by atoms with van der Waals surface area (Å²) in [5.41, 5.74) is 1.05. The van der Waals surface area contributed by atoms with E-state index in [-0.39, 0.29) is 0 Å². The Morgan fingerprint density at radius 1 is 1.35 bits per heavy atom. The van der Waals surface area contributed by atoms with Crippen LogP contribution in [0.25, 0.3) is 0 Å². The van der Waals surface area contributed by atoms with E-state index < -0.39 is 11.9 Å². The zero-order valence-corrected chi connectivity index (χ0v) is 9.84. The van der Waals surface area contributed by atoms with Gasteiger partial charge in [0, 0.05) is 6.61 Å². The van der Waals surface area contributed by atoms with E-state index in [1.165, 1.54) is 12.8 Å². The summed E-state index contributed by atoms with van der Waals surface area (Å²) in [6, 6.07) is 9.70. The molecule has 17 heavy (non-hydrogen) atoms. The van der Waals surface area contributed by atoms with Crippen LogP contribution in [0, 0.1) is 11.8 Å². The number of hydrogen-bond acceptors (Lipinski definition) is 2. The summed E-state index contributed by atoms with van der Waals surface area (Å²) in [6.07, 6.45) is 3.01. The summed E-state index contributed by atoms with van der Waals surface area (Å²) in [5.74, 6) is -0.526. The summed E-state index contributed by atoms with van der Waals surface area (Å²) >= 11 is 0. The smallest absolute Gasteiger partial charge is 0.309 e. The van der Waals surface area contributed by atoms with Crippen LogP contribution in [-0.2, 0) is 16.0 Å². The zero-order chi connectivity index (χ0) is 12.1. The van der Waals surface area contributed by atoms with E-state index in [2.05, 4.69) is 0 Å². The molecule has 0 heterocycles. The maximum Gasteiger partial charge on any atom is 0.309 e. The van der Waals surface area contributed by atoms with E-state index in [0.29, 0.717) is 18.9 Å². The molecule has 0 bridgehead atoms. The first-order valence-corrected chi connectivity index (χ1v) is 6.10. The number of benzene rings is 1. The summed E-state index contributed by atoms with van der Waals surface area (Å²) in [7, 11) is 0. The molecule has 3 nitrogen and oxygen atoms in total. The average molecular weight is 234 g/mol. The fourth-order valence-corrected chi connectivity index (χ4v) is 1.78. The molecule has 1 N–H and O–H groups in total. The Morgan fingerprint density at radius 2 is 2.06 bits per heavy atom. The fourth-order valence-electron chi connectivity index (χ4n) is 1.78. The molecular weight excluding hydrogens is 216 g/mol. The predicted octanol–water partition coefficient (Wildman–Crippen LogP) is 2.36. The van der Waals surface area contributed by atoms with Crippen LogP contribution in [0.3, 0.4) is 0 Å². The molecule has 0 saturated heterocycles.